The van der Waals surface area contributed by atoms with Crippen LogP contribution in [0.3, 0.4) is 0 Å². The number of nitrogens with zero attached hydrogens (tertiary/aromatic N) is 1. The number of rotatable bonds is 6. The van der Waals surface area contributed by atoms with Crippen molar-refractivity contribution in [2.24, 2.45) is 5.92 Å². The largest absolute Gasteiger partial charge is 0.394 e. The summed E-state index contributed by atoms with van der Waals surface area (Å²) in [6, 6.07) is 1.76. The second-order valence-electron chi connectivity index (χ2n) is 5.78. The average molecular weight is 277 g/mol. The van der Waals surface area contributed by atoms with Gasteiger partial charge >= 0.3 is 6.03 Å². The number of aromatic nitrogens is 1. The van der Waals surface area contributed by atoms with Gasteiger partial charge in [-0.1, -0.05) is 0 Å². The fourth-order valence-corrected chi connectivity index (χ4v) is 2.39. The molecule has 1 unspecified atom stereocenters. The number of aliphatic hydroxyl groups is 1. The van der Waals surface area contributed by atoms with E-state index >= 15 is 0 Å². The van der Waals surface area contributed by atoms with Crippen molar-refractivity contribution in [1.82, 2.24) is 15.6 Å². The van der Waals surface area contributed by atoms with Gasteiger partial charge in [0.25, 0.3) is 0 Å². The van der Waals surface area contributed by atoms with Crippen LogP contribution in [-0.4, -0.2) is 34.8 Å². The first-order valence-electron chi connectivity index (χ1n) is 7.11. The Bertz CT molecular complexity index is 474. The van der Waals surface area contributed by atoms with Crippen molar-refractivity contribution in [3.05, 3.63) is 29.6 Å². The molecule has 1 aliphatic carbocycles. The third-order valence-electron chi connectivity index (χ3n) is 4.02. The number of carbonyl (C=O) groups excluding carboxylic acids is 1. The highest BCUT2D eigenvalue weighted by atomic mass is 16.3. The van der Waals surface area contributed by atoms with Crippen molar-refractivity contribution in [3.8, 4) is 0 Å². The molecule has 20 heavy (non-hydrogen) atoms. The highest BCUT2D eigenvalue weighted by Crippen LogP contribution is 2.39. The Hall–Kier alpha value is -1.62. The Morgan fingerprint density at radius 1 is 1.55 bits per heavy atom. The predicted molar refractivity (Wildman–Crippen MR) is 77.4 cm³/mol. The number of amides is 2. The van der Waals surface area contributed by atoms with E-state index in [2.05, 4.69) is 15.6 Å². The fraction of sp³-hybridized carbons (Fsp3) is 0.600. The molecule has 1 aliphatic rings. The van der Waals surface area contributed by atoms with Crippen LogP contribution < -0.4 is 10.6 Å². The lowest BCUT2D eigenvalue weighted by Crippen LogP contribution is -2.54. The third-order valence-corrected chi connectivity index (χ3v) is 4.02. The summed E-state index contributed by atoms with van der Waals surface area (Å²) in [5.74, 6) is 0.403. The second-order valence-corrected chi connectivity index (χ2v) is 5.78. The lowest BCUT2D eigenvalue weighted by molar-refractivity contribution is 0.155. The first-order valence-corrected chi connectivity index (χ1v) is 7.11. The summed E-state index contributed by atoms with van der Waals surface area (Å²) in [4.78, 5) is 15.9. The smallest absolute Gasteiger partial charge is 0.315 e. The van der Waals surface area contributed by atoms with Gasteiger partial charge in [0.1, 0.15) is 0 Å². The van der Waals surface area contributed by atoms with Crippen molar-refractivity contribution >= 4 is 6.03 Å². The average Bonchev–Trinajstić information content (AvgIpc) is 3.25. The number of pyridine rings is 1. The standard InChI is InChI=1S/C15H23N3O2/c1-11-9-16-7-5-12(11)6-8-17-14(20)18-15(2,10-19)13-3-4-13/h5,7,9,13,19H,3-4,6,8,10H2,1-2H3,(H2,17,18,20). The lowest BCUT2D eigenvalue weighted by atomic mass is 9.97. The van der Waals surface area contributed by atoms with Gasteiger partial charge < -0.3 is 15.7 Å². The normalized spacial score (nSPS) is 17.4. The molecule has 1 aromatic heterocycles. The van der Waals surface area contributed by atoms with E-state index in [9.17, 15) is 9.90 Å². The molecular weight excluding hydrogens is 254 g/mol. The van der Waals surface area contributed by atoms with Gasteiger partial charge in [0.2, 0.25) is 0 Å². The van der Waals surface area contributed by atoms with Crippen molar-refractivity contribution < 1.29 is 9.90 Å². The van der Waals surface area contributed by atoms with Crippen LogP contribution in [0, 0.1) is 12.8 Å². The Labute approximate surface area is 119 Å². The van der Waals surface area contributed by atoms with Crippen LogP contribution in [0.15, 0.2) is 18.5 Å². The minimum atomic E-state index is -0.489. The van der Waals surface area contributed by atoms with E-state index in [0.29, 0.717) is 12.5 Å². The maximum absolute atomic E-state index is 11.9. The molecule has 0 saturated heterocycles. The van der Waals surface area contributed by atoms with Crippen molar-refractivity contribution in [1.29, 1.82) is 0 Å². The van der Waals surface area contributed by atoms with Gasteiger partial charge in [-0.05, 0) is 56.2 Å². The molecule has 0 radical (unpaired) electrons. The van der Waals surface area contributed by atoms with Crippen LogP contribution in [0.2, 0.25) is 0 Å². The van der Waals surface area contributed by atoms with Gasteiger partial charge in [-0.3, -0.25) is 4.98 Å². The summed E-state index contributed by atoms with van der Waals surface area (Å²) in [5.41, 5.74) is 1.83. The monoisotopic (exact) mass is 277 g/mol. The molecule has 110 valence electrons. The summed E-state index contributed by atoms with van der Waals surface area (Å²) in [6.07, 6.45) is 6.52. The minimum absolute atomic E-state index is 0.0193. The molecule has 1 fully saturated rings. The fourth-order valence-electron chi connectivity index (χ4n) is 2.39. The maximum atomic E-state index is 11.9. The van der Waals surface area contributed by atoms with Gasteiger partial charge in [0, 0.05) is 18.9 Å². The van der Waals surface area contributed by atoms with Crippen LogP contribution in [-0.2, 0) is 6.42 Å². The Balaban J connectivity index is 1.77. The predicted octanol–water partition coefficient (Wildman–Crippen LogP) is 1.39. The number of hydrogen-bond donors (Lipinski definition) is 3. The molecule has 1 aromatic rings. The minimum Gasteiger partial charge on any atom is -0.394 e. The molecule has 3 N–H and O–H groups in total. The molecule has 5 heteroatoms. The van der Waals surface area contributed by atoms with E-state index in [0.717, 1.165) is 24.8 Å². The quantitative estimate of drug-likeness (QED) is 0.735. The van der Waals surface area contributed by atoms with Crippen LogP contribution in [0.5, 0.6) is 0 Å². The van der Waals surface area contributed by atoms with Gasteiger partial charge in [0.05, 0.1) is 12.1 Å². The summed E-state index contributed by atoms with van der Waals surface area (Å²) in [7, 11) is 0. The Kier molecular flexibility index (Phi) is 4.60. The van der Waals surface area contributed by atoms with E-state index in [1.54, 1.807) is 6.20 Å². The molecule has 5 nitrogen and oxygen atoms in total. The molecule has 0 bridgehead atoms. The molecule has 2 amide bonds. The van der Waals surface area contributed by atoms with Crippen LogP contribution in [0.25, 0.3) is 0 Å². The van der Waals surface area contributed by atoms with E-state index in [4.69, 9.17) is 0 Å². The molecule has 0 aliphatic heterocycles. The number of hydrogen-bond acceptors (Lipinski definition) is 3. The summed E-state index contributed by atoms with van der Waals surface area (Å²) in [5, 5.41) is 15.2. The van der Waals surface area contributed by atoms with Crippen LogP contribution in [0.1, 0.15) is 30.9 Å². The first kappa shape index (κ1) is 14.8. The van der Waals surface area contributed by atoms with E-state index in [1.807, 2.05) is 26.1 Å². The van der Waals surface area contributed by atoms with E-state index in [-0.39, 0.29) is 12.6 Å². The Morgan fingerprint density at radius 3 is 2.90 bits per heavy atom. The van der Waals surface area contributed by atoms with Crippen molar-refractivity contribution in [2.75, 3.05) is 13.2 Å². The molecular formula is C15H23N3O2. The third kappa shape index (κ3) is 3.70. The Morgan fingerprint density at radius 2 is 2.30 bits per heavy atom. The van der Waals surface area contributed by atoms with Crippen LogP contribution >= 0.6 is 0 Å². The zero-order chi connectivity index (χ0) is 14.6. The number of carbonyl (C=O) groups is 1. The molecule has 0 aromatic carbocycles. The first-order chi connectivity index (χ1) is 9.55. The number of urea groups is 1. The number of nitrogens with one attached hydrogen (secondary N) is 2. The van der Waals surface area contributed by atoms with Gasteiger partial charge in [-0.2, -0.15) is 0 Å². The van der Waals surface area contributed by atoms with Crippen molar-refractivity contribution in [3.63, 3.8) is 0 Å². The SMILES string of the molecule is Cc1cnccc1CCNC(=O)NC(C)(CO)C1CC1. The molecule has 1 atom stereocenters. The zero-order valence-electron chi connectivity index (χ0n) is 12.1. The van der Waals surface area contributed by atoms with Gasteiger partial charge in [0.15, 0.2) is 0 Å². The maximum Gasteiger partial charge on any atom is 0.315 e. The number of aryl methyl sites for hydroxylation is 1. The summed E-state index contributed by atoms with van der Waals surface area (Å²) < 4.78 is 0. The van der Waals surface area contributed by atoms with Gasteiger partial charge in [-0.25, -0.2) is 4.79 Å². The topological polar surface area (TPSA) is 74.2 Å². The van der Waals surface area contributed by atoms with E-state index in [1.165, 1.54) is 5.56 Å². The van der Waals surface area contributed by atoms with E-state index < -0.39 is 5.54 Å². The molecule has 2 rings (SSSR count). The summed E-state index contributed by atoms with van der Waals surface area (Å²) in [6.45, 7) is 4.47. The highest BCUT2D eigenvalue weighted by Gasteiger charge is 2.42. The van der Waals surface area contributed by atoms with Gasteiger partial charge in [-0.15, -0.1) is 0 Å². The molecule has 1 heterocycles. The molecule has 0 spiro atoms. The van der Waals surface area contributed by atoms with Crippen molar-refractivity contribution in [2.45, 2.75) is 38.6 Å². The summed E-state index contributed by atoms with van der Waals surface area (Å²) >= 11 is 0. The zero-order valence-corrected chi connectivity index (χ0v) is 12.1. The lowest BCUT2D eigenvalue weighted by Gasteiger charge is -2.28. The highest BCUT2D eigenvalue weighted by molar-refractivity contribution is 5.74. The van der Waals surface area contributed by atoms with Crippen LogP contribution in [0.4, 0.5) is 4.79 Å². The number of aliphatic hydroxyl groups excluding tert-OH is 1. The second kappa shape index (κ2) is 6.22. The molecule has 1 saturated carbocycles.